The van der Waals surface area contributed by atoms with Gasteiger partial charge in [-0.05, 0) is 81.3 Å². The van der Waals surface area contributed by atoms with Crippen molar-refractivity contribution in [2.45, 2.75) is 25.7 Å². The standard InChI is InChI=1S/C42H32N2/c1(15-33-23-21-29-11-3-7-17-35(29)39(33)41-37-19-9-5-13-31(37)25-27-43-41)2-16-34-24-22-30-12-4-8-18-36(30)40(34)42-38-20-10-6-14-32(38)26-28-44-42/h3-14,17-28H,1-2,15-16H2. The van der Waals surface area contributed by atoms with Crippen LogP contribution in [0, 0.1) is 0 Å². The summed E-state index contributed by atoms with van der Waals surface area (Å²) < 4.78 is 0. The number of hydrogen-bond acceptors (Lipinski definition) is 2. The molecular weight excluding hydrogens is 532 g/mol. The Morgan fingerprint density at radius 3 is 1.14 bits per heavy atom. The molecule has 0 aliphatic heterocycles. The van der Waals surface area contributed by atoms with Crippen LogP contribution in [0.25, 0.3) is 65.6 Å². The largest absolute Gasteiger partial charge is 0.256 e. The fourth-order valence-corrected chi connectivity index (χ4v) is 6.88. The quantitative estimate of drug-likeness (QED) is 0.180. The lowest BCUT2D eigenvalue weighted by Crippen LogP contribution is -1.98. The Kier molecular flexibility index (Phi) is 6.81. The number of nitrogens with zero attached hydrogens (tertiary/aromatic N) is 2. The maximum absolute atomic E-state index is 4.96. The molecule has 0 unspecified atom stereocenters. The third-order valence-electron chi connectivity index (χ3n) is 8.99. The highest BCUT2D eigenvalue weighted by molar-refractivity contribution is 6.06. The normalized spacial score (nSPS) is 11.5. The van der Waals surface area contributed by atoms with Gasteiger partial charge in [-0.25, -0.2) is 0 Å². The molecule has 0 spiro atoms. The Bertz CT molecular complexity index is 2120. The van der Waals surface area contributed by atoms with Gasteiger partial charge in [-0.2, -0.15) is 0 Å². The van der Waals surface area contributed by atoms with Crippen molar-refractivity contribution in [1.82, 2.24) is 9.97 Å². The molecule has 0 bridgehead atoms. The van der Waals surface area contributed by atoms with Gasteiger partial charge in [-0.15, -0.1) is 0 Å². The lowest BCUT2D eigenvalue weighted by atomic mass is 9.89. The van der Waals surface area contributed by atoms with Gasteiger partial charge < -0.3 is 0 Å². The lowest BCUT2D eigenvalue weighted by molar-refractivity contribution is 0.736. The van der Waals surface area contributed by atoms with E-state index in [2.05, 4.69) is 133 Å². The molecule has 0 saturated carbocycles. The first-order valence-electron chi connectivity index (χ1n) is 15.5. The van der Waals surface area contributed by atoms with Gasteiger partial charge in [0.25, 0.3) is 0 Å². The highest BCUT2D eigenvalue weighted by Crippen LogP contribution is 2.38. The summed E-state index contributed by atoms with van der Waals surface area (Å²) in [7, 11) is 0. The van der Waals surface area contributed by atoms with Gasteiger partial charge in [0.2, 0.25) is 0 Å². The number of fused-ring (bicyclic) bond motifs is 4. The second kappa shape index (κ2) is 11.4. The van der Waals surface area contributed by atoms with Crippen molar-refractivity contribution in [3.05, 3.63) is 157 Å². The van der Waals surface area contributed by atoms with Crippen molar-refractivity contribution in [3.8, 4) is 22.5 Å². The van der Waals surface area contributed by atoms with Crippen LogP contribution in [0.15, 0.2) is 146 Å². The minimum absolute atomic E-state index is 1.00. The molecule has 210 valence electrons. The Morgan fingerprint density at radius 1 is 0.341 bits per heavy atom. The highest BCUT2D eigenvalue weighted by atomic mass is 14.7. The van der Waals surface area contributed by atoms with Gasteiger partial charge in [0.1, 0.15) is 0 Å². The van der Waals surface area contributed by atoms with Crippen molar-refractivity contribution in [1.29, 1.82) is 0 Å². The molecule has 2 nitrogen and oxygen atoms in total. The maximum Gasteiger partial charge on any atom is 0.0789 e. The van der Waals surface area contributed by atoms with Crippen molar-refractivity contribution in [2.75, 3.05) is 0 Å². The summed E-state index contributed by atoms with van der Waals surface area (Å²) in [5, 5.41) is 9.91. The topological polar surface area (TPSA) is 25.8 Å². The van der Waals surface area contributed by atoms with Crippen LogP contribution < -0.4 is 0 Å². The minimum atomic E-state index is 1.00. The zero-order valence-corrected chi connectivity index (χ0v) is 24.6. The van der Waals surface area contributed by atoms with E-state index in [0.717, 1.165) is 37.1 Å². The van der Waals surface area contributed by atoms with E-state index in [4.69, 9.17) is 9.97 Å². The van der Waals surface area contributed by atoms with Gasteiger partial charge in [-0.1, -0.05) is 121 Å². The number of unbranched alkanes of at least 4 members (excludes halogenated alkanes) is 1. The van der Waals surface area contributed by atoms with E-state index in [9.17, 15) is 0 Å². The average Bonchev–Trinajstić information content (AvgIpc) is 3.09. The Labute approximate surface area is 257 Å². The van der Waals surface area contributed by atoms with Crippen molar-refractivity contribution < 1.29 is 0 Å². The Hall–Kier alpha value is -5.34. The molecule has 2 heteroatoms. The van der Waals surface area contributed by atoms with Gasteiger partial charge in [0.05, 0.1) is 11.4 Å². The van der Waals surface area contributed by atoms with Gasteiger partial charge in [0, 0.05) is 34.3 Å². The van der Waals surface area contributed by atoms with Crippen LogP contribution in [-0.4, -0.2) is 9.97 Å². The van der Waals surface area contributed by atoms with Crippen LogP contribution in [0.1, 0.15) is 24.0 Å². The molecular formula is C42H32N2. The van der Waals surface area contributed by atoms with E-state index in [0.29, 0.717) is 0 Å². The summed E-state index contributed by atoms with van der Waals surface area (Å²) in [6, 6.07) is 48.0. The molecule has 0 aliphatic rings. The highest BCUT2D eigenvalue weighted by Gasteiger charge is 2.16. The predicted molar refractivity (Wildman–Crippen MR) is 186 cm³/mol. The number of benzene rings is 6. The summed E-state index contributed by atoms with van der Waals surface area (Å²) in [6.45, 7) is 0. The van der Waals surface area contributed by atoms with Gasteiger partial charge in [0.15, 0.2) is 0 Å². The van der Waals surface area contributed by atoms with Crippen LogP contribution in [0.3, 0.4) is 0 Å². The maximum atomic E-state index is 4.96. The summed E-state index contributed by atoms with van der Waals surface area (Å²) in [4.78, 5) is 9.91. The van der Waals surface area contributed by atoms with Crippen LogP contribution >= 0.6 is 0 Å². The van der Waals surface area contributed by atoms with Crippen LogP contribution in [0.5, 0.6) is 0 Å². The molecule has 0 amide bonds. The zero-order chi connectivity index (χ0) is 29.3. The SMILES string of the molecule is c1ccc2c(-c3c(CCCCc4ccc5ccccc5c4-c4nccc5ccccc45)ccc4ccccc34)nccc2c1. The van der Waals surface area contributed by atoms with Crippen LogP contribution in [0.2, 0.25) is 0 Å². The lowest BCUT2D eigenvalue weighted by Gasteiger charge is -2.16. The fourth-order valence-electron chi connectivity index (χ4n) is 6.88. The molecule has 0 saturated heterocycles. The molecule has 0 N–H and O–H groups in total. The third kappa shape index (κ3) is 4.69. The number of rotatable bonds is 7. The monoisotopic (exact) mass is 564 g/mol. The first-order valence-corrected chi connectivity index (χ1v) is 15.5. The molecule has 8 rings (SSSR count). The molecule has 8 aromatic rings. The van der Waals surface area contributed by atoms with Crippen LogP contribution in [0.4, 0.5) is 0 Å². The van der Waals surface area contributed by atoms with E-state index in [1.54, 1.807) is 0 Å². The second-order valence-electron chi connectivity index (χ2n) is 11.6. The fraction of sp³-hybridized carbons (Fsp3) is 0.0952. The molecule has 0 aliphatic carbocycles. The summed E-state index contributed by atoms with van der Waals surface area (Å²) in [5.74, 6) is 0. The van der Waals surface area contributed by atoms with E-state index in [-0.39, 0.29) is 0 Å². The third-order valence-corrected chi connectivity index (χ3v) is 8.99. The molecule has 2 aromatic heterocycles. The molecule has 2 heterocycles. The first kappa shape index (κ1) is 26.3. The average molecular weight is 565 g/mol. The molecule has 44 heavy (non-hydrogen) atoms. The summed E-state index contributed by atoms with van der Waals surface area (Å²) in [5.41, 5.74) is 7.42. The minimum Gasteiger partial charge on any atom is -0.256 e. The summed E-state index contributed by atoms with van der Waals surface area (Å²) >= 11 is 0. The smallest absolute Gasteiger partial charge is 0.0789 e. The number of aryl methyl sites for hydroxylation is 2. The second-order valence-corrected chi connectivity index (χ2v) is 11.6. The molecule has 0 atom stereocenters. The Balaban J connectivity index is 1.14. The number of pyridine rings is 2. The molecule has 0 radical (unpaired) electrons. The van der Waals surface area contributed by atoms with Gasteiger partial charge in [-0.3, -0.25) is 9.97 Å². The van der Waals surface area contributed by atoms with Crippen molar-refractivity contribution >= 4 is 43.1 Å². The van der Waals surface area contributed by atoms with E-state index < -0.39 is 0 Å². The number of aromatic nitrogens is 2. The van der Waals surface area contributed by atoms with Crippen molar-refractivity contribution in [2.24, 2.45) is 0 Å². The molecule has 6 aromatic carbocycles. The van der Waals surface area contributed by atoms with E-state index in [1.807, 2.05) is 12.4 Å². The van der Waals surface area contributed by atoms with Gasteiger partial charge >= 0.3 is 0 Å². The first-order chi connectivity index (χ1) is 21.8. The Morgan fingerprint density at radius 2 is 0.705 bits per heavy atom. The van der Waals surface area contributed by atoms with E-state index >= 15 is 0 Å². The van der Waals surface area contributed by atoms with Crippen LogP contribution in [-0.2, 0) is 12.8 Å². The van der Waals surface area contributed by atoms with Crippen molar-refractivity contribution in [3.63, 3.8) is 0 Å². The summed E-state index contributed by atoms with van der Waals surface area (Å²) in [6.07, 6.45) is 8.08. The number of hydrogen-bond donors (Lipinski definition) is 0. The zero-order valence-electron chi connectivity index (χ0n) is 24.6. The predicted octanol–water partition coefficient (Wildman–Crippen LogP) is 11.0. The molecule has 0 fully saturated rings. The van der Waals surface area contributed by atoms with E-state index in [1.165, 1.54) is 65.3 Å².